The second kappa shape index (κ2) is 8.05. The second-order valence-electron chi connectivity index (χ2n) is 7.37. The summed E-state index contributed by atoms with van der Waals surface area (Å²) in [6.45, 7) is 0.656. The van der Waals surface area contributed by atoms with Crippen molar-refractivity contribution in [3.05, 3.63) is 30.1 Å². The summed E-state index contributed by atoms with van der Waals surface area (Å²) in [5.41, 5.74) is 0. The molecular weight excluding hydrogens is 355 g/mol. The van der Waals surface area contributed by atoms with Crippen LogP contribution in [0.2, 0.25) is 0 Å². The Labute approximate surface area is 155 Å². The molecule has 0 spiro atoms. The van der Waals surface area contributed by atoms with Gasteiger partial charge in [-0.1, -0.05) is 19.3 Å². The van der Waals surface area contributed by atoms with E-state index < -0.39 is 15.8 Å². The molecule has 144 valence electrons. The smallest absolute Gasteiger partial charge is 0.243 e. The Morgan fingerprint density at radius 3 is 2.19 bits per heavy atom. The highest BCUT2D eigenvalue weighted by atomic mass is 32.2. The first-order valence-electron chi connectivity index (χ1n) is 9.42. The van der Waals surface area contributed by atoms with Crippen LogP contribution < -0.4 is 0 Å². The molecular formula is C19H27FN2O3S. The molecule has 1 aromatic carbocycles. The summed E-state index contributed by atoms with van der Waals surface area (Å²) in [4.78, 5) is 14.8. The minimum Gasteiger partial charge on any atom is -0.343 e. The van der Waals surface area contributed by atoms with Gasteiger partial charge in [-0.25, -0.2) is 12.8 Å². The van der Waals surface area contributed by atoms with E-state index in [9.17, 15) is 17.6 Å². The first kappa shape index (κ1) is 19.3. The van der Waals surface area contributed by atoms with Crippen molar-refractivity contribution in [3.63, 3.8) is 0 Å². The zero-order chi connectivity index (χ0) is 18.7. The molecule has 2 aliphatic rings. The van der Waals surface area contributed by atoms with Gasteiger partial charge in [0.1, 0.15) is 5.82 Å². The standard InChI is InChI=1S/C19H27FN2O3S/c1-21(17-5-3-2-4-6-17)19(23)15-11-13-22(14-12-15)26(24,25)18-9-7-16(20)8-10-18/h7-10,15,17H,2-6,11-14H2,1H3. The van der Waals surface area contributed by atoms with E-state index in [1.54, 1.807) is 0 Å². The first-order chi connectivity index (χ1) is 12.4. The third-order valence-corrected chi connectivity index (χ3v) is 7.64. The van der Waals surface area contributed by atoms with Crippen LogP contribution in [0.15, 0.2) is 29.2 Å². The first-order valence-corrected chi connectivity index (χ1v) is 10.9. The monoisotopic (exact) mass is 382 g/mol. The number of hydrogen-bond donors (Lipinski definition) is 0. The summed E-state index contributed by atoms with van der Waals surface area (Å²) in [5.74, 6) is -0.420. The number of hydrogen-bond acceptors (Lipinski definition) is 3. The Morgan fingerprint density at radius 1 is 1.04 bits per heavy atom. The number of rotatable bonds is 4. The highest BCUT2D eigenvalue weighted by Gasteiger charge is 2.34. The summed E-state index contributed by atoms with van der Waals surface area (Å²) in [6, 6.07) is 5.22. The fraction of sp³-hybridized carbons (Fsp3) is 0.632. The van der Waals surface area contributed by atoms with Crippen LogP contribution in [0.1, 0.15) is 44.9 Å². The number of piperidine rings is 1. The predicted molar refractivity (Wildman–Crippen MR) is 97.5 cm³/mol. The topological polar surface area (TPSA) is 57.7 Å². The molecule has 0 aromatic heterocycles. The fourth-order valence-electron chi connectivity index (χ4n) is 4.04. The summed E-state index contributed by atoms with van der Waals surface area (Å²) in [7, 11) is -1.74. The molecule has 1 aliphatic carbocycles. The third-order valence-electron chi connectivity index (χ3n) is 5.72. The second-order valence-corrected chi connectivity index (χ2v) is 9.31. The van der Waals surface area contributed by atoms with Crippen molar-refractivity contribution in [1.29, 1.82) is 0 Å². The number of nitrogens with zero attached hydrogens (tertiary/aromatic N) is 2. The van der Waals surface area contributed by atoms with E-state index in [1.807, 2.05) is 11.9 Å². The molecule has 0 bridgehead atoms. The molecule has 5 nitrogen and oxygen atoms in total. The van der Waals surface area contributed by atoms with Crippen molar-refractivity contribution >= 4 is 15.9 Å². The molecule has 1 saturated heterocycles. The van der Waals surface area contributed by atoms with Crippen molar-refractivity contribution in [2.45, 2.75) is 55.9 Å². The quantitative estimate of drug-likeness (QED) is 0.804. The highest BCUT2D eigenvalue weighted by molar-refractivity contribution is 7.89. The van der Waals surface area contributed by atoms with Crippen molar-refractivity contribution < 1.29 is 17.6 Å². The number of benzene rings is 1. The Kier molecular flexibility index (Phi) is 5.97. The summed E-state index contributed by atoms with van der Waals surface area (Å²) >= 11 is 0. The lowest BCUT2D eigenvalue weighted by Crippen LogP contribution is -2.46. The molecule has 1 aliphatic heterocycles. The lowest BCUT2D eigenvalue weighted by molar-refractivity contribution is -0.138. The van der Waals surface area contributed by atoms with Gasteiger partial charge in [0.25, 0.3) is 0 Å². The average molecular weight is 383 g/mol. The van der Waals surface area contributed by atoms with E-state index in [0.29, 0.717) is 32.0 Å². The van der Waals surface area contributed by atoms with Crippen LogP contribution in [0, 0.1) is 11.7 Å². The van der Waals surface area contributed by atoms with E-state index in [0.717, 1.165) is 25.0 Å². The maximum atomic E-state index is 13.0. The van der Waals surface area contributed by atoms with Crippen LogP contribution in [-0.4, -0.2) is 49.7 Å². The predicted octanol–water partition coefficient (Wildman–Crippen LogP) is 3.02. The van der Waals surface area contributed by atoms with Crippen molar-refractivity contribution in [1.82, 2.24) is 9.21 Å². The van der Waals surface area contributed by atoms with Crippen molar-refractivity contribution in [3.8, 4) is 0 Å². The molecule has 26 heavy (non-hydrogen) atoms. The number of amides is 1. The summed E-state index contributed by atoms with van der Waals surface area (Å²) < 4.78 is 39.8. The van der Waals surface area contributed by atoms with Crippen molar-refractivity contribution in [2.75, 3.05) is 20.1 Å². The molecule has 1 aromatic rings. The van der Waals surface area contributed by atoms with E-state index >= 15 is 0 Å². The van der Waals surface area contributed by atoms with Crippen LogP contribution in [0.4, 0.5) is 4.39 Å². The summed E-state index contributed by atoms with van der Waals surface area (Å²) in [6.07, 6.45) is 6.82. The minimum atomic E-state index is -3.63. The van der Waals surface area contributed by atoms with Gasteiger partial charge in [0, 0.05) is 32.1 Å². The molecule has 2 fully saturated rings. The van der Waals surface area contributed by atoms with E-state index in [1.165, 1.54) is 35.7 Å². The van der Waals surface area contributed by atoms with Crippen LogP contribution in [0.25, 0.3) is 0 Å². The minimum absolute atomic E-state index is 0.100. The highest BCUT2D eigenvalue weighted by Crippen LogP contribution is 2.28. The molecule has 1 heterocycles. The Morgan fingerprint density at radius 2 is 1.62 bits per heavy atom. The average Bonchev–Trinajstić information content (AvgIpc) is 2.68. The van der Waals surface area contributed by atoms with Gasteiger partial charge in [-0.15, -0.1) is 0 Å². The molecule has 0 radical (unpaired) electrons. The number of halogens is 1. The van der Waals surface area contributed by atoms with Gasteiger partial charge in [0.05, 0.1) is 4.90 Å². The molecule has 1 saturated carbocycles. The Bertz CT molecular complexity index is 722. The van der Waals surface area contributed by atoms with Crippen LogP contribution in [-0.2, 0) is 14.8 Å². The Hall–Kier alpha value is -1.47. The van der Waals surface area contributed by atoms with Crippen LogP contribution in [0.5, 0.6) is 0 Å². The largest absolute Gasteiger partial charge is 0.343 e. The molecule has 0 N–H and O–H groups in total. The lowest BCUT2D eigenvalue weighted by atomic mass is 9.91. The van der Waals surface area contributed by atoms with Gasteiger partial charge in [-0.05, 0) is 49.9 Å². The van der Waals surface area contributed by atoms with Gasteiger partial charge in [-0.2, -0.15) is 4.31 Å². The lowest BCUT2D eigenvalue weighted by Gasteiger charge is -2.36. The van der Waals surface area contributed by atoms with Gasteiger partial charge in [0.15, 0.2) is 0 Å². The molecule has 0 atom stereocenters. The number of carbonyl (C=O) groups excluding carboxylic acids is 1. The number of carbonyl (C=O) groups is 1. The molecule has 3 rings (SSSR count). The van der Waals surface area contributed by atoms with Crippen molar-refractivity contribution in [2.24, 2.45) is 5.92 Å². The van der Waals surface area contributed by atoms with E-state index in [4.69, 9.17) is 0 Å². The van der Waals surface area contributed by atoms with E-state index in [2.05, 4.69) is 0 Å². The number of sulfonamides is 1. The van der Waals surface area contributed by atoms with Gasteiger partial charge in [-0.3, -0.25) is 4.79 Å². The fourth-order valence-corrected chi connectivity index (χ4v) is 5.50. The Balaban J connectivity index is 1.59. The molecule has 7 heteroatoms. The molecule has 0 unspecified atom stereocenters. The zero-order valence-electron chi connectivity index (χ0n) is 15.2. The van der Waals surface area contributed by atoms with Gasteiger partial charge >= 0.3 is 0 Å². The van der Waals surface area contributed by atoms with E-state index in [-0.39, 0.29) is 16.7 Å². The maximum absolute atomic E-state index is 13.0. The summed E-state index contributed by atoms with van der Waals surface area (Å²) in [5, 5.41) is 0. The zero-order valence-corrected chi connectivity index (χ0v) is 16.0. The van der Waals surface area contributed by atoms with Crippen LogP contribution >= 0.6 is 0 Å². The van der Waals surface area contributed by atoms with Gasteiger partial charge < -0.3 is 4.90 Å². The maximum Gasteiger partial charge on any atom is 0.243 e. The SMILES string of the molecule is CN(C(=O)C1CCN(S(=O)(=O)c2ccc(F)cc2)CC1)C1CCCCC1. The van der Waals surface area contributed by atoms with Gasteiger partial charge in [0.2, 0.25) is 15.9 Å². The van der Waals surface area contributed by atoms with Crippen LogP contribution in [0.3, 0.4) is 0 Å². The normalized spacial score (nSPS) is 20.8. The third kappa shape index (κ3) is 4.09. The molecule has 1 amide bonds.